The number of carbonyl (C=O) groups excluding carboxylic acids is 1. The molecular weight excluding hydrogens is 379 g/mol. The normalized spacial score (nSPS) is 10.4. The van der Waals surface area contributed by atoms with Crippen LogP contribution in [0, 0.1) is 0 Å². The molecule has 0 unspecified atom stereocenters. The van der Waals surface area contributed by atoms with Crippen LogP contribution in [0.15, 0.2) is 51.4 Å². The smallest absolute Gasteiger partial charge is 0.167 e. The number of rotatable bonds is 3. The maximum atomic E-state index is 12.1. The summed E-state index contributed by atoms with van der Waals surface area (Å²) in [6.07, 6.45) is 0.351. The van der Waals surface area contributed by atoms with Crippen LogP contribution in [0.4, 0.5) is 0 Å². The molecule has 0 heterocycles. The third-order valence-corrected chi connectivity index (χ3v) is 3.59. The second-order valence-corrected chi connectivity index (χ2v) is 6.16. The molecule has 0 amide bonds. The number of carbonyl (C=O) groups is 1. The van der Waals surface area contributed by atoms with Crippen molar-refractivity contribution >= 4 is 49.2 Å². The van der Waals surface area contributed by atoms with E-state index in [1.807, 2.05) is 36.4 Å². The summed E-state index contributed by atoms with van der Waals surface area (Å²) in [4.78, 5) is 12.1. The molecule has 2 rings (SSSR count). The van der Waals surface area contributed by atoms with Gasteiger partial charge >= 0.3 is 0 Å². The van der Waals surface area contributed by atoms with Crippen LogP contribution in [0.25, 0.3) is 0 Å². The molecule has 0 saturated heterocycles. The molecule has 0 N–H and O–H groups in total. The van der Waals surface area contributed by atoms with Crippen molar-refractivity contribution in [2.24, 2.45) is 0 Å². The van der Waals surface area contributed by atoms with E-state index in [0.29, 0.717) is 17.0 Å². The average molecular weight is 388 g/mol. The highest BCUT2D eigenvalue weighted by molar-refractivity contribution is 9.11. The monoisotopic (exact) mass is 386 g/mol. The summed E-state index contributed by atoms with van der Waals surface area (Å²) in [6.45, 7) is 0. The predicted octanol–water partition coefficient (Wildman–Crippen LogP) is 5.29. The Balaban J connectivity index is 2.22. The van der Waals surface area contributed by atoms with Crippen molar-refractivity contribution in [2.75, 3.05) is 0 Å². The minimum Gasteiger partial charge on any atom is -0.294 e. The number of ketones is 1. The van der Waals surface area contributed by atoms with Crippen LogP contribution in [0.1, 0.15) is 15.9 Å². The van der Waals surface area contributed by atoms with E-state index in [1.165, 1.54) is 0 Å². The largest absolute Gasteiger partial charge is 0.294 e. The summed E-state index contributed by atoms with van der Waals surface area (Å²) >= 11 is 12.6. The maximum absolute atomic E-state index is 12.1. The summed E-state index contributed by atoms with van der Waals surface area (Å²) in [5.74, 6) is 0.0688. The van der Waals surface area contributed by atoms with Gasteiger partial charge in [-0.05, 0) is 35.9 Å². The Morgan fingerprint density at radius 3 is 2.33 bits per heavy atom. The third-order valence-electron chi connectivity index (χ3n) is 2.44. The fraction of sp³-hybridized carbons (Fsp3) is 0.0714. The molecule has 2 aromatic carbocycles. The van der Waals surface area contributed by atoms with E-state index in [4.69, 9.17) is 11.6 Å². The van der Waals surface area contributed by atoms with E-state index in [9.17, 15) is 4.79 Å². The van der Waals surface area contributed by atoms with Crippen molar-refractivity contribution in [1.82, 2.24) is 0 Å². The fourth-order valence-electron chi connectivity index (χ4n) is 1.65. The molecule has 18 heavy (non-hydrogen) atoms. The molecule has 0 aliphatic heterocycles. The molecule has 0 aliphatic rings. The summed E-state index contributed by atoms with van der Waals surface area (Å²) in [5, 5.41) is 0.649. The van der Waals surface area contributed by atoms with Gasteiger partial charge in [-0.3, -0.25) is 4.79 Å². The zero-order chi connectivity index (χ0) is 13.1. The van der Waals surface area contributed by atoms with E-state index in [-0.39, 0.29) is 5.78 Å². The molecule has 4 heteroatoms. The first-order valence-electron chi connectivity index (χ1n) is 5.28. The highest BCUT2D eigenvalue weighted by Gasteiger charge is 2.09. The lowest BCUT2D eigenvalue weighted by Crippen LogP contribution is -2.03. The van der Waals surface area contributed by atoms with Crippen molar-refractivity contribution in [1.29, 1.82) is 0 Å². The molecule has 1 nitrogen and oxygen atoms in total. The van der Waals surface area contributed by atoms with E-state index in [0.717, 1.165) is 14.5 Å². The molecule has 0 radical (unpaired) electrons. The van der Waals surface area contributed by atoms with E-state index in [2.05, 4.69) is 31.9 Å². The van der Waals surface area contributed by atoms with Crippen LogP contribution in [-0.4, -0.2) is 5.78 Å². The summed E-state index contributed by atoms with van der Waals surface area (Å²) < 4.78 is 1.76. The van der Waals surface area contributed by atoms with Crippen LogP contribution in [0.3, 0.4) is 0 Å². The predicted molar refractivity (Wildman–Crippen MR) is 81.3 cm³/mol. The first kappa shape index (κ1) is 13.8. The molecule has 92 valence electrons. The van der Waals surface area contributed by atoms with Gasteiger partial charge in [-0.25, -0.2) is 0 Å². The Hall–Kier alpha value is -0.640. The Morgan fingerprint density at radius 2 is 1.72 bits per heavy atom. The number of hydrogen-bond donors (Lipinski definition) is 0. The van der Waals surface area contributed by atoms with Crippen molar-refractivity contribution in [3.05, 3.63) is 67.6 Å². The lowest BCUT2D eigenvalue weighted by atomic mass is 10.0. The highest BCUT2D eigenvalue weighted by Crippen LogP contribution is 2.21. The maximum Gasteiger partial charge on any atom is 0.167 e. The fourth-order valence-corrected chi connectivity index (χ4v) is 3.16. The highest BCUT2D eigenvalue weighted by atomic mass is 79.9. The summed E-state index contributed by atoms with van der Waals surface area (Å²) in [6, 6.07) is 12.9. The second kappa shape index (κ2) is 6.00. The Kier molecular flexibility index (Phi) is 4.60. The van der Waals surface area contributed by atoms with Crippen molar-refractivity contribution in [2.45, 2.75) is 6.42 Å². The third kappa shape index (κ3) is 3.67. The van der Waals surface area contributed by atoms with Gasteiger partial charge in [-0.2, -0.15) is 0 Å². The lowest BCUT2D eigenvalue weighted by molar-refractivity contribution is 0.0993. The van der Waals surface area contributed by atoms with E-state index < -0.39 is 0 Å². The van der Waals surface area contributed by atoms with Gasteiger partial charge in [0.25, 0.3) is 0 Å². The van der Waals surface area contributed by atoms with Crippen molar-refractivity contribution < 1.29 is 4.79 Å². The first-order valence-corrected chi connectivity index (χ1v) is 7.25. The zero-order valence-corrected chi connectivity index (χ0v) is 13.2. The Bertz CT molecular complexity index is 576. The quantitative estimate of drug-likeness (QED) is 0.653. The van der Waals surface area contributed by atoms with Crippen LogP contribution >= 0.6 is 43.5 Å². The molecule has 0 bridgehead atoms. The number of hydrogen-bond acceptors (Lipinski definition) is 1. The molecule has 0 aliphatic carbocycles. The summed E-state index contributed by atoms with van der Waals surface area (Å²) in [7, 11) is 0. The van der Waals surface area contributed by atoms with Gasteiger partial charge in [0.05, 0.1) is 0 Å². The minimum absolute atomic E-state index is 0.0688. The standard InChI is InChI=1S/C14H9Br2ClO/c15-11-6-10(7-12(16)8-11)14(18)5-9-2-1-3-13(17)4-9/h1-4,6-8H,5H2. The SMILES string of the molecule is O=C(Cc1cccc(Cl)c1)c1cc(Br)cc(Br)c1. The van der Waals surface area contributed by atoms with Crippen LogP contribution < -0.4 is 0 Å². The van der Waals surface area contributed by atoms with Crippen LogP contribution in [-0.2, 0) is 6.42 Å². The zero-order valence-electron chi connectivity index (χ0n) is 9.29. The Morgan fingerprint density at radius 1 is 1.06 bits per heavy atom. The molecular formula is C14H9Br2ClO. The summed E-state index contributed by atoms with van der Waals surface area (Å²) in [5.41, 5.74) is 1.60. The van der Waals surface area contributed by atoms with E-state index >= 15 is 0 Å². The topological polar surface area (TPSA) is 17.1 Å². The van der Waals surface area contributed by atoms with Gasteiger partial charge in [0.2, 0.25) is 0 Å². The first-order chi connectivity index (χ1) is 8.54. The van der Waals surface area contributed by atoms with Gasteiger partial charge in [0.15, 0.2) is 5.78 Å². The van der Waals surface area contributed by atoms with Crippen LogP contribution in [0.2, 0.25) is 5.02 Å². The molecule has 0 aromatic heterocycles. The number of Topliss-reactive ketones (excluding diaryl/α,β-unsaturated/α-hetero) is 1. The molecule has 0 atom stereocenters. The average Bonchev–Trinajstić information content (AvgIpc) is 2.27. The van der Waals surface area contributed by atoms with Crippen molar-refractivity contribution in [3.8, 4) is 0 Å². The second-order valence-electron chi connectivity index (χ2n) is 3.89. The number of halogens is 3. The van der Waals surface area contributed by atoms with Gasteiger partial charge in [0.1, 0.15) is 0 Å². The van der Waals surface area contributed by atoms with Crippen molar-refractivity contribution in [3.63, 3.8) is 0 Å². The minimum atomic E-state index is 0.0688. The lowest BCUT2D eigenvalue weighted by Gasteiger charge is -2.04. The van der Waals surface area contributed by atoms with E-state index in [1.54, 1.807) is 6.07 Å². The molecule has 2 aromatic rings. The van der Waals surface area contributed by atoms with Gasteiger partial charge in [-0.15, -0.1) is 0 Å². The van der Waals surface area contributed by atoms with Gasteiger partial charge < -0.3 is 0 Å². The van der Waals surface area contributed by atoms with Crippen LogP contribution in [0.5, 0.6) is 0 Å². The molecule has 0 spiro atoms. The molecule has 0 saturated carbocycles. The van der Waals surface area contributed by atoms with Gasteiger partial charge in [0, 0.05) is 26.0 Å². The molecule has 0 fully saturated rings. The number of benzene rings is 2. The van der Waals surface area contributed by atoms with Gasteiger partial charge in [-0.1, -0.05) is 55.6 Å². The Labute approximate surface area is 127 Å².